The highest BCUT2D eigenvalue weighted by Crippen LogP contribution is 2.50. The Kier molecular flexibility index (Phi) is 17.5. The van der Waals surface area contributed by atoms with Gasteiger partial charge in [-0.2, -0.15) is 11.8 Å². The van der Waals surface area contributed by atoms with Gasteiger partial charge in [-0.1, -0.05) is 88.0 Å². The molecule has 0 aromatic carbocycles. The van der Waals surface area contributed by atoms with E-state index in [1.54, 1.807) is 11.8 Å². The van der Waals surface area contributed by atoms with Crippen LogP contribution in [-0.2, 0) is 28.8 Å². The lowest BCUT2D eigenvalue weighted by Gasteiger charge is -2.27. The molecular weight excluding hydrogens is 729 g/mol. The molecule has 2 aliphatic carbocycles. The molecule has 0 spiro atoms. The van der Waals surface area contributed by atoms with Gasteiger partial charge in [0, 0.05) is 25.7 Å². The first-order chi connectivity index (χ1) is 26.1. The number of rotatable bonds is 17. The summed E-state index contributed by atoms with van der Waals surface area (Å²) in [4.78, 5) is 78.4. The monoisotopic (exact) mass is 801 g/mol. The molecule has 0 aromatic rings. The largest absolute Gasteiger partial charge is 0.511 e. The summed E-state index contributed by atoms with van der Waals surface area (Å²) in [6.45, 7) is 18.6. The molecule has 4 rings (SSSR count). The number of hydrogen-bond acceptors (Lipinski definition) is 9. The number of fused-ring (bicyclic) bond motifs is 2. The van der Waals surface area contributed by atoms with Crippen LogP contribution < -0.4 is 0 Å². The van der Waals surface area contributed by atoms with Crippen LogP contribution in [0.5, 0.6) is 0 Å². The summed E-state index contributed by atoms with van der Waals surface area (Å²) in [7, 11) is 0. The molecule has 2 heterocycles. The van der Waals surface area contributed by atoms with Crippen molar-refractivity contribution >= 4 is 47.0 Å². The van der Waals surface area contributed by atoms with Crippen molar-refractivity contribution in [2.24, 2.45) is 40.4 Å². The molecule has 316 valence electrons. The van der Waals surface area contributed by atoms with Crippen LogP contribution in [0.15, 0.2) is 22.7 Å². The molecule has 6 unspecified atom stereocenters. The van der Waals surface area contributed by atoms with E-state index in [1.165, 1.54) is 24.2 Å². The van der Waals surface area contributed by atoms with Gasteiger partial charge in [0.1, 0.15) is 22.7 Å². The molecule has 4 amide bonds. The zero-order valence-corrected chi connectivity index (χ0v) is 36.9. The molecule has 0 radical (unpaired) electrons. The van der Waals surface area contributed by atoms with Gasteiger partial charge in [0.25, 0.3) is 11.8 Å². The summed E-state index contributed by atoms with van der Waals surface area (Å²) in [6, 6.07) is -0.701. The maximum absolute atomic E-state index is 13.2. The number of aliphatic hydroxyl groups is 2. The summed E-state index contributed by atoms with van der Waals surface area (Å²) in [5.41, 5.74) is -0.114. The van der Waals surface area contributed by atoms with E-state index in [-0.39, 0.29) is 88.7 Å². The van der Waals surface area contributed by atoms with E-state index in [1.807, 2.05) is 20.1 Å². The molecule has 10 nitrogen and oxygen atoms in total. The molecule has 2 aliphatic heterocycles. The SMILES string of the molecule is CCCCCCC(=O)N1CC(=O)/C(=C(/O)CC(C)CC(C)(C)C)C1=O.CSCCC1C(O)=C(C(=O)CC2CC3CCC2C3)C(=O)N1C(=O)CC(C)CC(C)(C)C. The predicted octanol–water partition coefficient (Wildman–Crippen LogP) is 9.32. The van der Waals surface area contributed by atoms with Crippen LogP contribution in [0.25, 0.3) is 0 Å². The fraction of sp³-hybridized carbons (Fsp3) is 0.778. The van der Waals surface area contributed by atoms with E-state index in [9.17, 15) is 39.0 Å². The highest BCUT2D eigenvalue weighted by atomic mass is 32.2. The zero-order chi connectivity index (χ0) is 42.1. The van der Waals surface area contributed by atoms with Gasteiger partial charge in [-0.3, -0.25) is 38.6 Å². The Morgan fingerprint density at radius 2 is 1.48 bits per heavy atom. The molecule has 3 fully saturated rings. The Morgan fingerprint density at radius 1 is 0.857 bits per heavy atom. The molecule has 0 aromatic heterocycles. The molecule has 1 saturated heterocycles. The Morgan fingerprint density at radius 3 is 2.02 bits per heavy atom. The summed E-state index contributed by atoms with van der Waals surface area (Å²) in [6.07, 6.45) is 13.8. The number of amides is 4. The number of nitrogens with zero attached hydrogens (tertiary/aromatic N) is 2. The Bertz CT molecular complexity index is 1520. The zero-order valence-electron chi connectivity index (χ0n) is 36.1. The van der Waals surface area contributed by atoms with Gasteiger partial charge >= 0.3 is 0 Å². The molecule has 11 heteroatoms. The topological polar surface area (TPSA) is 149 Å². The van der Waals surface area contributed by atoms with Gasteiger partial charge in [-0.25, -0.2) is 0 Å². The van der Waals surface area contributed by atoms with Gasteiger partial charge in [0.05, 0.1) is 12.6 Å². The summed E-state index contributed by atoms with van der Waals surface area (Å²) in [5, 5.41) is 21.2. The van der Waals surface area contributed by atoms with Crippen LogP contribution in [0.3, 0.4) is 0 Å². The number of hydrogen-bond donors (Lipinski definition) is 2. The lowest BCUT2D eigenvalue weighted by Crippen LogP contribution is -2.42. The van der Waals surface area contributed by atoms with E-state index in [0.29, 0.717) is 30.4 Å². The fourth-order valence-corrected chi connectivity index (χ4v) is 10.1. The lowest BCUT2D eigenvalue weighted by molar-refractivity contribution is -0.145. The first kappa shape index (κ1) is 47.4. The van der Waals surface area contributed by atoms with Crippen molar-refractivity contribution in [3.8, 4) is 0 Å². The number of ketones is 2. The first-order valence-electron chi connectivity index (χ1n) is 21.2. The van der Waals surface area contributed by atoms with E-state index < -0.39 is 23.6 Å². The third-order valence-electron chi connectivity index (χ3n) is 11.7. The number of thioether (sulfide) groups is 1. The third-order valence-corrected chi connectivity index (χ3v) is 12.3. The number of allylic oxidation sites excluding steroid dienone is 1. The van der Waals surface area contributed by atoms with Gasteiger partial charge in [-0.15, -0.1) is 0 Å². The van der Waals surface area contributed by atoms with Gasteiger partial charge in [0.15, 0.2) is 11.6 Å². The minimum Gasteiger partial charge on any atom is -0.511 e. The number of Topliss-reactive ketones (excluding diaryl/α,β-unsaturated/α-hetero) is 2. The number of likely N-dealkylation sites (tertiary alicyclic amines) is 1. The smallest absolute Gasteiger partial charge is 0.268 e. The van der Waals surface area contributed by atoms with Crippen molar-refractivity contribution in [1.82, 2.24) is 9.80 Å². The van der Waals surface area contributed by atoms with E-state index in [4.69, 9.17) is 0 Å². The molecule has 2 N–H and O–H groups in total. The number of carbonyl (C=O) groups excluding carboxylic acids is 6. The molecule has 56 heavy (non-hydrogen) atoms. The fourth-order valence-electron chi connectivity index (χ4n) is 9.61. The number of imide groups is 2. The molecule has 2 bridgehead atoms. The summed E-state index contributed by atoms with van der Waals surface area (Å²) < 4.78 is 0. The second-order valence-corrected chi connectivity index (χ2v) is 20.7. The Balaban J connectivity index is 0.000000308. The summed E-state index contributed by atoms with van der Waals surface area (Å²) >= 11 is 1.60. The van der Waals surface area contributed by atoms with Crippen molar-refractivity contribution < 1.29 is 39.0 Å². The van der Waals surface area contributed by atoms with Crippen molar-refractivity contribution in [2.45, 2.75) is 165 Å². The number of unbranched alkanes of at least 4 members (excludes halogenated alkanes) is 3. The maximum atomic E-state index is 13.2. The van der Waals surface area contributed by atoms with Crippen LogP contribution in [0.1, 0.15) is 159 Å². The van der Waals surface area contributed by atoms with Crippen LogP contribution in [0, 0.1) is 40.4 Å². The highest BCUT2D eigenvalue weighted by Gasteiger charge is 2.47. The average Bonchev–Trinajstić information content (AvgIpc) is 3.82. The van der Waals surface area contributed by atoms with Crippen molar-refractivity contribution in [3.63, 3.8) is 0 Å². The van der Waals surface area contributed by atoms with E-state index in [0.717, 1.165) is 55.8 Å². The highest BCUT2D eigenvalue weighted by molar-refractivity contribution is 7.98. The number of aliphatic hydroxyl groups excluding tert-OH is 2. The van der Waals surface area contributed by atoms with Crippen LogP contribution in [-0.4, -0.2) is 79.8 Å². The van der Waals surface area contributed by atoms with Crippen molar-refractivity contribution in [3.05, 3.63) is 22.7 Å². The normalized spacial score (nSPS) is 24.5. The van der Waals surface area contributed by atoms with Gasteiger partial charge < -0.3 is 10.2 Å². The lowest BCUT2D eigenvalue weighted by atomic mass is 9.83. The predicted molar refractivity (Wildman–Crippen MR) is 223 cm³/mol. The quantitative estimate of drug-likeness (QED) is 0.0635. The second kappa shape index (κ2) is 20.6. The first-order valence-corrected chi connectivity index (χ1v) is 22.6. The Labute approximate surface area is 341 Å². The molecular formula is C45H72N2O8S. The van der Waals surface area contributed by atoms with E-state index >= 15 is 0 Å². The third kappa shape index (κ3) is 13.3. The summed E-state index contributed by atoms with van der Waals surface area (Å²) in [5.74, 6) is -0.283. The van der Waals surface area contributed by atoms with E-state index in [2.05, 4.69) is 48.5 Å². The van der Waals surface area contributed by atoms with Crippen LogP contribution >= 0.6 is 11.8 Å². The number of carbonyl (C=O) groups is 6. The van der Waals surface area contributed by atoms with Crippen molar-refractivity contribution in [2.75, 3.05) is 18.6 Å². The molecule has 4 aliphatic rings. The second-order valence-electron chi connectivity index (χ2n) is 19.7. The minimum absolute atomic E-state index is 0.0924. The minimum atomic E-state index is -0.701. The standard InChI is InChI=1S/C25H39NO4S.C20H33NO4/c1-15(14-25(2,3)4)10-21(28)26-19(8-9-31-5)23(29)22(24(26)30)20(27)13-18-12-16-6-7-17(18)11-16;1-6-7-8-9-10-17(24)21-13-16(23)18(19(21)25)15(22)11-14(2)12-20(3,4)5/h15-19,29H,6-14H2,1-5H3;14,22H,6-13H2,1-5H3/b;18-15-. The molecule has 2 saturated carbocycles. The van der Waals surface area contributed by atoms with Gasteiger partial charge in [0.2, 0.25) is 11.8 Å². The van der Waals surface area contributed by atoms with Gasteiger partial charge in [-0.05, 0) is 97.4 Å². The van der Waals surface area contributed by atoms with Crippen molar-refractivity contribution in [1.29, 1.82) is 0 Å². The Hall–Kier alpha value is -2.95. The van der Waals surface area contributed by atoms with Crippen LogP contribution in [0.4, 0.5) is 0 Å². The average molecular weight is 801 g/mol. The maximum Gasteiger partial charge on any atom is 0.268 e. The van der Waals surface area contributed by atoms with Crippen LogP contribution in [0.2, 0.25) is 0 Å². The molecule has 6 atom stereocenters.